The highest BCUT2D eigenvalue weighted by atomic mass is 16.5. The van der Waals surface area contributed by atoms with Gasteiger partial charge in [-0.25, -0.2) is 9.15 Å². The molecule has 0 aromatic heterocycles. The Kier molecular flexibility index (Phi) is 10.2. The van der Waals surface area contributed by atoms with E-state index in [9.17, 15) is 0 Å². The van der Waals surface area contributed by atoms with E-state index in [1.54, 1.807) is 0 Å². The topological polar surface area (TPSA) is 30.9 Å². The summed E-state index contributed by atoms with van der Waals surface area (Å²) in [6.07, 6.45) is 17.2. The molecule has 3 aliphatic heterocycles. The van der Waals surface area contributed by atoms with Crippen LogP contribution in [0.15, 0.2) is 102 Å². The van der Waals surface area contributed by atoms with Crippen LogP contribution in [0.3, 0.4) is 0 Å². The van der Waals surface area contributed by atoms with Crippen molar-refractivity contribution in [3.63, 3.8) is 0 Å². The zero-order valence-corrected chi connectivity index (χ0v) is 38.7. The molecule has 5 heteroatoms. The predicted molar refractivity (Wildman–Crippen MR) is 260 cm³/mol. The van der Waals surface area contributed by atoms with Gasteiger partial charge in [-0.3, -0.25) is 4.99 Å². The molecular weight excluding hydrogens is 757 g/mol. The number of benzene rings is 5. The summed E-state index contributed by atoms with van der Waals surface area (Å²) in [5, 5.41) is 5.00. The number of fused-ring (bicyclic) bond motifs is 8. The fourth-order valence-corrected chi connectivity index (χ4v) is 12.6. The van der Waals surface area contributed by atoms with Gasteiger partial charge in [0.1, 0.15) is 18.8 Å². The van der Waals surface area contributed by atoms with Crippen molar-refractivity contribution in [1.82, 2.24) is 4.90 Å². The molecule has 5 aromatic rings. The van der Waals surface area contributed by atoms with Crippen LogP contribution >= 0.6 is 0 Å². The molecule has 0 radical (unpaired) electrons. The number of hydrogen-bond donors (Lipinski definition) is 0. The van der Waals surface area contributed by atoms with Crippen LogP contribution in [-0.4, -0.2) is 63.6 Å². The van der Waals surface area contributed by atoms with Gasteiger partial charge in [0.25, 0.3) is 5.54 Å². The van der Waals surface area contributed by atoms with E-state index in [0.717, 1.165) is 5.75 Å². The summed E-state index contributed by atoms with van der Waals surface area (Å²) in [6, 6.07) is 35.1. The van der Waals surface area contributed by atoms with E-state index < -0.39 is 11.2 Å². The molecule has 4 atom stereocenters. The van der Waals surface area contributed by atoms with Crippen molar-refractivity contribution in [3.8, 4) is 5.75 Å². The van der Waals surface area contributed by atoms with Gasteiger partial charge in [-0.15, -0.1) is 0 Å². The highest BCUT2D eigenvalue weighted by molar-refractivity contribution is 6.14. The van der Waals surface area contributed by atoms with Crippen molar-refractivity contribution in [2.24, 2.45) is 4.99 Å². The largest absolute Gasteiger partial charge is 0.476 e. The molecule has 0 amide bonds. The number of hydrogen-bond acceptors (Lipinski definition) is 3. The number of ether oxygens (including phenoxy) is 1. The lowest BCUT2D eigenvalue weighted by Crippen LogP contribution is -2.73. The Morgan fingerprint density at radius 2 is 1.47 bits per heavy atom. The molecule has 320 valence electrons. The van der Waals surface area contributed by atoms with E-state index in [1.165, 1.54) is 130 Å². The van der Waals surface area contributed by atoms with Gasteiger partial charge in [-0.05, 0) is 88.0 Å². The number of nitrogens with zero attached hydrogens (tertiary/aromatic N) is 4. The van der Waals surface area contributed by atoms with E-state index >= 15 is 0 Å². The van der Waals surface area contributed by atoms with Gasteiger partial charge in [0.15, 0.2) is 12.3 Å². The van der Waals surface area contributed by atoms with E-state index in [2.05, 4.69) is 180 Å². The number of aliphatic imine (C=N–C) groups is 1. The van der Waals surface area contributed by atoms with Crippen LogP contribution in [0.5, 0.6) is 5.75 Å². The summed E-state index contributed by atoms with van der Waals surface area (Å²) in [4.78, 5) is 7.98. The highest BCUT2D eigenvalue weighted by Crippen LogP contribution is 2.55. The average molecular weight is 825 g/mol. The maximum Gasteiger partial charge on any atom is 0.304 e. The molecule has 0 bridgehead atoms. The quantitative estimate of drug-likeness (QED) is 0.126. The Bertz CT molecular complexity index is 2670. The van der Waals surface area contributed by atoms with Gasteiger partial charge < -0.3 is 9.64 Å². The first-order valence-corrected chi connectivity index (χ1v) is 23.9. The fraction of sp³-hybridized carbons (Fsp3) is 0.456. The zero-order chi connectivity index (χ0) is 43.1. The van der Waals surface area contributed by atoms with Gasteiger partial charge in [0, 0.05) is 50.1 Å². The lowest BCUT2D eigenvalue weighted by atomic mass is 9.68. The van der Waals surface area contributed by atoms with Crippen LogP contribution < -0.4 is 4.74 Å². The number of allylic oxidation sites excluding steroid dienone is 1. The summed E-state index contributed by atoms with van der Waals surface area (Å²) in [6.45, 7) is 21.1. The van der Waals surface area contributed by atoms with Crippen molar-refractivity contribution in [2.45, 2.75) is 159 Å². The molecule has 4 unspecified atom stereocenters. The number of rotatable bonds is 6. The van der Waals surface area contributed by atoms with E-state index in [0.29, 0.717) is 12.1 Å². The summed E-state index contributed by atoms with van der Waals surface area (Å²) in [5.74, 6) is 1.27. The van der Waals surface area contributed by atoms with Crippen molar-refractivity contribution in [3.05, 3.63) is 131 Å². The molecule has 2 aliphatic carbocycles. The Morgan fingerprint density at radius 3 is 2.16 bits per heavy atom. The molecule has 2 saturated carbocycles. The third kappa shape index (κ3) is 6.18. The molecule has 2 fully saturated rings. The van der Waals surface area contributed by atoms with Crippen LogP contribution in [0.1, 0.15) is 158 Å². The lowest BCUT2D eigenvalue weighted by Gasteiger charge is -2.52. The van der Waals surface area contributed by atoms with Crippen molar-refractivity contribution in [2.75, 3.05) is 7.05 Å². The molecule has 0 spiro atoms. The Morgan fingerprint density at radius 1 is 0.790 bits per heavy atom. The van der Waals surface area contributed by atoms with Crippen LogP contribution in [0.4, 0.5) is 0 Å². The Balaban J connectivity index is 1.33. The van der Waals surface area contributed by atoms with Gasteiger partial charge >= 0.3 is 5.66 Å². The number of likely N-dealkylation sites (N-methyl/N-ethyl adjacent to an activating group) is 1. The van der Waals surface area contributed by atoms with Gasteiger partial charge in [0.05, 0.1) is 11.1 Å². The molecule has 0 N–H and O–H groups in total. The highest BCUT2D eigenvalue weighted by Gasteiger charge is 2.72. The molecular formula is C57H68N4O+2. The molecule has 62 heavy (non-hydrogen) atoms. The lowest BCUT2D eigenvalue weighted by molar-refractivity contribution is -0.745. The average Bonchev–Trinajstić information content (AvgIpc) is 3.63. The third-order valence-electron chi connectivity index (χ3n) is 16.2. The molecule has 10 rings (SSSR count). The SMILES string of the molecule is C=NC1c2c(c(C(C)C)cc3ccccc23)OC1C1=[N+](C)C2(C)N(C3CCCCC3)C=C(c3ccccc3)C=[N+](C3CCCCC3)C2(C)c2ccc3cc(C(C)(C)C)ccc3c21. The zero-order valence-electron chi connectivity index (χ0n) is 38.7. The van der Waals surface area contributed by atoms with Crippen LogP contribution in [0.25, 0.3) is 27.1 Å². The summed E-state index contributed by atoms with van der Waals surface area (Å²) in [5.41, 5.74) is 9.25. The van der Waals surface area contributed by atoms with Crippen LogP contribution in [-0.2, 0) is 11.0 Å². The van der Waals surface area contributed by atoms with Gasteiger partial charge in [-0.2, -0.15) is 0 Å². The van der Waals surface area contributed by atoms with Crippen molar-refractivity contribution in [1.29, 1.82) is 0 Å². The molecule has 0 saturated heterocycles. The van der Waals surface area contributed by atoms with Crippen LogP contribution in [0.2, 0.25) is 0 Å². The third-order valence-corrected chi connectivity index (χ3v) is 16.2. The molecule has 5 nitrogen and oxygen atoms in total. The van der Waals surface area contributed by atoms with E-state index in [4.69, 9.17) is 9.73 Å². The van der Waals surface area contributed by atoms with Crippen molar-refractivity contribution < 1.29 is 13.9 Å². The Hall–Kier alpha value is -5.03. The smallest absolute Gasteiger partial charge is 0.304 e. The van der Waals surface area contributed by atoms with Crippen LogP contribution in [0, 0.1) is 0 Å². The van der Waals surface area contributed by atoms with Gasteiger partial charge in [-0.1, -0.05) is 145 Å². The molecule has 5 aliphatic rings. The summed E-state index contributed by atoms with van der Waals surface area (Å²) in [7, 11) is 2.41. The second-order valence-electron chi connectivity index (χ2n) is 20.9. The first-order chi connectivity index (χ1) is 29.9. The maximum atomic E-state index is 7.64. The first-order valence-electron chi connectivity index (χ1n) is 23.9. The normalized spacial score (nSPS) is 25.9. The Labute approximate surface area is 370 Å². The second kappa shape index (κ2) is 15.3. The van der Waals surface area contributed by atoms with Crippen molar-refractivity contribution >= 4 is 45.8 Å². The molecule has 3 heterocycles. The van der Waals surface area contributed by atoms with E-state index in [1.807, 2.05) is 0 Å². The second-order valence-corrected chi connectivity index (χ2v) is 20.9. The molecule has 5 aromatic carbocycles. The van der Waals surface area contributed by atoms with E-state index in [-0.39, 0.29) is 23.5 Å². The standard InChI is InChI=1S/C57H68N4O/c1-37(2)47-34-39-23-19-20-28-45(39)50-51(58-8)54(62-53(47)50)52-49-46-31-30-42(55(3,4)5)33-40(46)29-32-48(49)56(6)57(7,59(52)9)61(44-26-17-12-18-27-44)36-41(38-21-13-10-14-22-38)35-60(56)43-24-15-11-16-25-43/h10,13-14,19-23,28-37,43-44,51,54H,8,11-12,15-18,24-27H2,1-7,9H3/q+2. The summed E-state index contributed by atoms with van der Waals surface area (Å²) < 4.78 is 13.2. The monoisotopic (exact) mass is 825 g/mol. The minimum Gasteiger partial charge on any atom is -0.476 e. The minimum atomic E-state index is -0.534. The first kappa shape index (κ1) is 41.0. The predicted octanol–water partition coefficient (Wildman–Crippen LogP) is 13.1. The van der Waals surface area contributed by atoms with Gasteiger partial charge in [0.2, 0.25) is 11.8 Å². The minimum absolute atomic E-state index is 0.0222. The fourth-order valence-electron chi connectivity index (χ4n) is 12.6. The maximum absolute atomic E-state index is 7.64. The summed E-state index contributed by atoms with van der Waals surface area (Å²) >= 11 is 0.